The molecule has 0 atom stereocenters. The van der Waals surface area contributed by atoms with Crippen LogP contribution in [0.5, 0.6) is 0 Å². The molecule has 38 heavy (non-hydrogen) atoms. The van der Waals surface area contributed by atoms with Crippen LogP contribution < -0.4 is 21.1 Å². The van der Waals surface area contributed by atoms with E-state index >= 15 is 0 Å². The van der Waals surface area contributed by atoms with Gasteiger partial charge in [-0.3, -0.25) is 4.79 Å². The molecule has 12 heteroatoms. The predicted molar refractivity (Wildman–Crippen MR) is 153 cm³/mol. The quantitative estimate of drug-likeness (QED) is 0.348. The fourth-order valence-corrected chi connectivity index (χ4v) is 5.09. The number of anilines is 3. The molecule has 0 unspecified atom stereocenters. The molecular weight excluding hydrogens is 502 g/mol. The minimum absolute atomic E-state index is 0.242. The van der Waals surface area contributed by atoms with Gasteiger partial charge in [-0.1, -0.05) is 12.1 Å². The topological polar surface area (TPSA) is 122 Å². The second kappa shape index (κ2) is 10.4. The molecule has 0 saturated carbocycles. The number of allylic oxidation sites excluding steroid dienone is 1. The molecule has 1 aliphatic rings. The zero-order valence-corrected chi connectivity index (χ0v) is 22.5. The average molecular weight is 534 g/mol. The maximum atomic E-state index is 13.2. The number of piperazine rings is 1. The van der Waals surface area contributed by atoms with Gasteiger partial charge in [-0.25, -0.2) is 23.5 Å². The summed E-state index contributed by atoms with van der Waals surface area (Å²) in [6, 6.07) is 11.4. The lowest BCUT2D eigenvalue weighted by atomic mass is 10.1. The first-order chi connectivity index (χ1) is 18.2. The van der Waals surface area contributed by atoms with E-state index in [1.807, 2.05) is 6.07 Å². The van der Waals surface area contributed by atoms with E-state index in [2.05, 4.69) is 55.5 Å². The Kier molecular flexibility index (Phi) is 7.00. The summed E-state index contributed by atoms with van der Waals surface area (Å²) >= 11 is 0. The van der Waals surface area contributed by atoms with Crippen molar-refractivity contribution in [1.82, 2.24) is 29.6 Å². The molecule has 2 N–H and O–H groups in total. The third-order valence-corrected chi connectivity index (χ3v) is 6.76. The lowest BCUT2D eigenvalue weighted by Gasteiger charge is -2.30. The largest absolute Gasteiger partial charge is 0.369 e. The van der Waals surface area contributed by atoms with Crippen LogP contribution in [0.25, 0.3) is 16.9 Å². The van der Waals surface area contributed by atoms with Crippen molar-refractivity contribution in [3.05, 3.63) is 71.2 Å². The van der Waals surface area contributed by atoms with Crippen LogP contribution in [0.2, 0.25) is 0 Å². The Morgan fingerprint density at radius 3 is 2.68 bits per heavy atom. The smallest absolute Gasteiger partial charge is 0.278 e. The van der Waals surface area contributed by atoms with Crippen molar-refractivity contribution < 1.29 is 4.21 Å². The summed E-state index contributed by atoms with van der Waals surface area (Å²) in [6.07, 6.45) is 6.24. The van der Waals surface area contributed by atoms with Gasteiger partial charge in [0, 0.05) is 66.0 Å². The van der Waals surface area contributed by atoms with E-state index in [-0.39, 0.29) is 12.1 Å². The molecule has 1 fully saturated rings. The maximum absolute atomic E-state index is 13.2. The number of aryl methyl sites for hydroxylation is 1. The molecule has 3 aromatic heterocycles. The molecule has 1 aromatic carbocycles. The molecule has 0 bridgehead atoms. The summed E-state index contributed by atoms with van der Waals surface area (Å²) in [5.41, 5.74) is 3.34. The van der Waals surface area contributed by atoms with Crippen molar-refractivity contribution in [3.8, 4) is 5.82 Å². The Bertz CT molecular complexity index is 1680. The Balaban J connectivity index is 1.55. The van der Waals surface area contributed by atoms with E-state index in [4.69, 9.17) is 4.98 Å². The number of aromatic nitrogens is 5. The van der Waals surface area contributed by atoms with E-state index in [0.29, 0.717) is 28.6 Å². The molecule has 0 radical (unpaired) electrons. The normalized spacial score (nSPS) is 14.0. The van der Waals surface area contributed by atoms with Gasteiger partial charge in [0.2, 0.25) is 5.95 Å². The zero-order valence-electron chi connectivity index (χ0n) is 21.7. The van der Waals surface area contributed by atoms with Gasteiger partial charge in [0.15, 0.2) is 17.3 Å². The van der Waals surface area contributed by atoms with E-state index in [1.54, 1.807) is 41.5 Å². The molecule has 0 aliphatic carbocycles. The minimum atomic E-state index is -2.41. The number of benzene rings is 1. The third kappa shape index (κ3) is 5.31. The van der Waals surface area contributed by atoms with E-state index in [9.17, 15) is 9.00 Å². The SMILES string of the molecule is C=CCn1c(=O)c2cnc(Nc3ccc(N4CCNCC4)c(C)c3)nc2n1-c1cccc(N=S(C)(C)=O)n1. The van der Waals surface area contributed by atoms with Crippen LogP contribution in [0.15, 0.2) is 64.4 Å². The Morgan fingerprint density at radius 1 is 1.18 bits per heavy atom. The molecule has 4 aromatic rings. The number of pyridine rings is 1. The van der Waals surface area contributed by atoms with Crippen LogP contribution >= 0.6 is 0 Å². The van der Waals surface area contributed by atoms with Gasteiger partial charge in [0.1, 0.15) is 5.39 Å². The average Bonchev–Trinajstić information content (AvgIpc) is 3.15. The van der Waals surface area contributed by atoms with Crippen molar-refractivity contribution in [1.29, 1.82) is 0 Å². The second-order valence-corrected chi connectivity index (χ2v) is 12.0. The van der Waals surface area contributed by atoms with Crippen LogP contribution in [0.4, 0.5) is 23.1 Å². The highest BCUT2D eigenvalue weighted by Gasteiger charge is 2.19. The lowest BCUT2D eigenvalue weighted by molar-refractivity contribution is 0.588. The van der Waals surface area contributed by atoms with Crippen molar-refractivity contribution in [3.63, 3.8) is 0 Å². The Hall–Kier alpha value is -4.03. The van der Waals surface area contributed by atoms with Crippen LogP contribution in [0.3, 0.4) is 0 Å². The van der Waals surface area contributed by atoms with Gasteiger partial charge < -0.3 is 15.5 Å². The number of nitrogens with zero attached hydrogens (tertiary/aromatic N) is 7. The molecule has 4 heterocycles. The van der Waals surface area contributed by atoms with Crippen molar-refractivity contribution in [2.24, 2.45) is 4.36 Å². The standard InChI is InChI=1S/C26H31N9O2S/c1-5-13-34-25(36)20-17-28-26(29-19-9-10-21(18(2)16-19)33-14-11-27-12-15-33)31-24(20)35(34)23-8-6-7-22(30-23)32-38(3,4)37/h5-10,16-17,27H,1,11-15H2,2-4H3,(H,28,29,31). The summed E-state index contributed by atoms with van der Waals surface area (Å²) in [6.45, 7) is 10.0. The molecule has 0 amide bonds. The van der Waals surface area contributed by atoms with Crippen molar-refractivity contribution >= 4 is 43.9 Å². The zero-order chi connectivity index (χ0) is 26.9. The van der Waals surface area contributed by atoms with Gasteiger partial charge in [-0.15, -0.1) is 6.58 Å². The summed E-state index contributed by atoms with van der Waals surface area (Å²) in [5.74, 6) is 1.08. The van der Waals surface area contributed by atoms with E-state index in [1.165, 1.54) is 16.6 Å². The molecule has 198 valence electrons. The first kappa shape index (κ1) is 25.6. The van der Waals surface area contributed by atoms with Gasteiger partial charge in [0.05, 0.1) is 6.54 Å². The summed E-state index contributed by atoms with van der Waals surface area (Å²) < 4.78 is 19.5. The fraction of sp³-hybridized carbons (Fsp3) is 0.308. The highest BCUT2D eigenvalue weighted by atomic mass is 32.2. The Morgan fingerprint density at radius 2 is 1.97 bits per heavy atom. The summed E-state index contributed by atoms with van der Waals surface area (Å²) in [7, 11) is -2.41. The third-order valence-electron chi connectivity index (χ3n) is 6.14. The molecule has 5 rings (SSSR count). The molecule has 1 saturated heterocycles. The van der Waals surface area contributed by atoms with Crippen molar-refractivity contribution in [2.45, 2.75) is 13.5 Å². The molecule has 0 spiro atoms. The first-order valence-electron chi connectivity index (χ1n) is 12.3. The fourth-order valence-electron chi connectivity index (χ4n) is 4.54. The van der Waals surface area contributed by atoms with Gasteiger partial charge in [-0.2, -0.15) is 9.35 Å². The Labute approximate surface area is 221 Å². The molecule has 1 aliphatic heterocycles. The second-order valence-electron chi connectivity index (χ2n) is 9.41. The number of fused-ring (bicyclic) bond motifs is 1. The van der Waals surface area contributed by atoms with Crippen molar-refractivity contribution in [2.75, 3.05) is 48.9 Å². The maximum Gasteiger partial charge on any atom is 0.278 e. The number of nitrogens with one attached hydrogen (secondary N) is 2. The van der Waals surface area contributed by atoms with E-state index < -0.39 is 9.73 Å². The molecule has 11 nitrogen and oxygen atoms in total. The van der Waals surface area contributed by atoms with Crippen LogP contribution in [-0.2, 0) is 16.3 Å². The first-order valence-corrected chi connectivity index (χ1v) is 14.6. The number of hydrogen-bond donors (Lipinski definition) is 2. The lowest BCUT2D eigenvalue weighted by Crippen LogP contribution is -2.43. The van der Waals surface area contributed by atoms with Crippen LogP contribution in [0.1, 0.15) is 5.56 Å². The number of hydrogen-bond acceptors (Lipinski definition) is 9. The van der Waals surface area contributed by atoms with Gasteiger partial charge in [-0.05, 0) is 42.8 Å². The summed E-state index contributed by atoms with van der Waals surface area (Å²) in [4.78, 5) is 29.2. The van der Waals surface area contributed by atoms with Crippen LogP contribution in [-0.4, -0.2) is 67.2 Å². The molecular formula is C26H31N9O2S. The minimum Gasteiger partial charge on any atom is -0.369 e. The number of rotatable bonds is 7. The highest BCUT2D eigenvalue weighted by Crippen LogP contribution is 2.26. The summed E-state index contributed by atoms with van der Waals surface area (Å²) in [5, 5.41) is 7.00. The monoisotopic (exact) mass is 533 g/mol. The highest BCUT2D eigenvalue weighted by molar-refractivity contribution is 7.92. The van der Waals surface area contributed by atoms with E-state index in [0.717, 1.165) is 37.4 Å². The van der Waals surface area contributed by atoms with Gasteiger partial charge >= 0.3 is 0 Å². The predicted octanol–water partition coefficient (Wildman–Crippen LogP) is 2.98. The van der Waals surface area contributed by atoms with Crippen LogP contribution in [0, 0.1) is 6.92 Å². The van der Waals surface area contributed by atoms with Gasteiger partial charge in [0.25, 0.3) is 5.56 Å².